The molecule has 21 heavy (non-hydrogen) atoms. The van der Waals surface area contributed by atoms with Crippen molar-refractivity contribution in [2.45, 2.75) is 37.7 Å². The van der Waals surface area contributed by atoms with E-state index in [1.165, 1.54) is 19.2 Å². The van der Waals surface area contributed by atoms with Crippen molar-refractivity contribution in [3.63, 3.8) is 0 Å². The van der Waals surface area contributed by atoms with Gasteiger partial charge in [0.25, 0.3) is 0 Å². The van der Waals surface area contributed by atoms with Crippen molar-refractivity contribution in [1.82, 2.24) is 0 Å². The summed E-state index contributed by atoms with van der Waals surface area (Å²) in [5.74, 6) is -0.859. The number of carbonyl (C=O) groups excluding carboxylic acids is 1. The Labute approximate surface area is 125 Å². The first-order valence-corrected chi connectivity index (χ1v) is 6.91. The quantitative estimate of drug-likeness (QED) is 0.785. The second-order valence-corrected chi connectivity index (χ2v) is 5.75. The first kappa shape index (κ1) is 17.6. The van der Waals surface area contributed by atoms with Crippen LogP contribution in [0.2, 0.25) is 0 Å². The Morgan fingerprint density at radius 2 is 1.95 bits per heavy atom. The number of benzene rings is 1. The van der Waals surface area contributed by atoms with E-state index < -0.39 is 22.8 Å². The predicted octanol–water partition coefficient (Wildman–Crippen LogP) is 2.40. The van der Waals surface area contributed by atoms with Gasteiger partial charge in [0.15, 0.2) is 0 Å². The van der Waals surface area contributed by atoms with Crippen LogP contribution in [0.4, 0.5) is 4.39 Å². The molecule has 118 valence electrons. The predicted molar refractivity (Wildman–Crippen MR) is 79.5 cm³/mol. The lowest BCUT2D eigenvalue weighted by Crippen LogP contribution is -2.45. The third kappa shape index (κ3) is 4.02. The van der Waals surface area contributed by atoms with E-state index in [0.29, 0.717) is 18.4 Å². The van der Waals surface area contributed by atoms with Gasteiger partial charge >= 0.3 is 5.97 Å². The number of nitrogens with two attached hydrogens (primary N) is 1. The Kier molecular flexibility index (Phi) is 5.87. The second-order valence-electron chi connectivity index (χ2n) is 5.75. The molecular formula is C16H24FNO3. The largest absolute Gasteiger partial charge is 0.468 e. The molecule has 4 nitrogen and oxygen atoms in total. The highest BCUT2D eigenvalue weighted by Crippen LogP contribution is 2.33. The Balaban J connectivity index is 3.19. The molecule has 1 unspecified atom stereocenters. The molecular weight excluding hydrogens is 273 g/mol. The van der Waals surface area contributed by atoms with Gasteiger partial charge in [0.2, 0.25) is 0 Å². The van der Waals surface area contributed by atoms with Gasteiger partial charge < -0.3 is 15.2 Å². The van der Waals surface area contributed by atoms with Crippen molar-refractivity contribution >= 4 is 5.97 Å². The molecule has 2 N–H and O–H groups in total. The van der Waals surface area contributed by atoms with Crippen LogP contribution in [0.1, 0.15) is 32.3 Å². The lowest BCUT2D eigenvalue weighted by atomic mass is 9.74. The molecule has 0 aliphatic carbocycles. The molecule has 1 aromatic rings. The zero-order valence-corrected chi connectivity index (χ0v) is 13.1. The number of rotatable bonds is 7. The Morgan fingerprint density at radius 3 is 2.43 bits per heavy atom. The van der Waals surface area contributed by atoms with Crippen LogP contribution < -0.4 is 5.73 Å². The minimum absolute atomic E-state index is 0.0446. The minimum Gasteiger partial charge on any atom is -0.468 e. The zero-order valence-electron chi connectivity index (χ0n) is 13.1. The van der Waals surface area contributed by atoms with E-state index in [0.717, 1.165) is 0 Å². The lowest BCUT2D eigenvalue weighted by Gasteiger charge is -2.33. The normalized spacial score (nSPS) is 14.6. The Morgan fingerprint density at radius 1 is 1.29 bits per heavy atom. The van der Waals surface area contributed by atoms with Gasteiger partial charge in [0.05, 0.1) is 12.7 Å². The van der Waals surface area contributed by atoms with Gasteiger partial charge in [-0.3, -0.25) is 4.79 Å². The maximum atomic E-state index is 13.5. The maximum absolute atomic E-state index is 13.5. The molecule has 0 fully saturated rings. The average molecular weight is 297 g/mol. The number of carbonyl (C=O) groups is 1. The van der Waals surface area contributed by atoms with Crippen LogP contribution in [0.25, 0.3) is 0 Å². The van der Waals surface area contributed by atoms with E-state index >= 15 is 0 Å². The molecule has 0 saturated carbocycles. The van der Waals surface area contributed by atoms with Gasteiger partial charge in [-0.25, -0.2) is 4.39 Å². The maximum Gasteiger partial charge on any atom is 0.317 e. The van der Waals surface area contributed by atoms with Crippen LogP contribution in [0.15, 0.2) is 24.3 Å². The Hall–Kier alpha value is -1.46. The summed E-state index contributed by atoms with van der Waals surface area (Å²) in [5.41, 5.74) is 4.94. The third-order valence-corrected chi connectivity index (χ3v) is 4.01. The second kappa shape index (κ2) is 7.00. The highest BCUT2D eigenvalue weighted by molar-refractivity contribution is 5.83. The molecule has 5 heteroatoms. The highest BCUT2D eigenvalue weighted by atomic mass is 19.1. The van der Waals surface area contributed by atoms with Gasteiger partial charge in [-0.05, 0) is 44.4 Å². The van der Waals surface area contributed by atoms with Crippen LogP contribution >= 0.6 is 0 Å². The van der Waals surface area contributed by atoms with Crippen molar-refractivity contribution < 1.29 is 18.7 Å². The first-order valence-electron chi connectivity index (χ1n) is 6.91. The van der Waals surface area contributed by atoms with Gasteiger partial charge in [-0.15, -0.1) is 0 Å². The summed E-state index contributed by atoms with van der Waals surface area (Å²) in [6.07, 6.45) is 1.01. The number of ether oxygens (including phenoxy) is 2. The van der Waals surface area contributed by atoms with Crippen molar-refractivity contribution in [2.24, 2.45) is 5.73 Å². The van der Waals surface area contributed by atoms with E-state index in [-0.39, 0.29) is 6.54 Å². The average Bonchev–Trinajstić information content (AvgIpc) is 2.48. The number of esters is 1. The minimum atomic E-state index is -1.06. The van der Waals surface area contributed by atoms with Gasteiger partial charge in [0, 0.05) is 13.7 Å². The topological polar surface area (TPSA) is 61.5 Å². The molecule has 0 saturated heterocycles. The van der Waals surface area contributed by atoms with E-state index in [4.69, 9.17) is 15.2 Å². The van der Waals surface area contributed by atoms with Crippen molar-refractivity contribution in [1.29, 1.82) is 0 Å². The summed E-state index contributed by atoms with van der Waals surface area (Å²) in [7, 11) is 2.93. The summed E-state index contributed by atoms with van der Waals surface area (Å²) in [6.45, 7) is 3.90. The fourth-order valence-electron chi connectivity index (χ4n) is 2.27. The third-order valence-electron chi connectivity index (χ3n) is 4.01. The molecule has 0 aliphatic heterocycles. The summed E-state index contributed by atoms with van der Waals surface area (Å²) in [4.78, 5) is 12.3. The van der Waals surface area contributed by atoms with Crippen LogP contribution in [0, 0.1) is 5.82 Å². The fourth-order valence-corrected chi connectivity index (χ4v) is 2.27. The summed E-state index contributed by atoms with van der Waals surface area (Å²) >= 11 is 0. The van der Waals surface area contributed by atoms with Crippen LogP contribution in [-0.4, -0.2) is 32.3 Å². The molecule has 1 aromatic carbocycles. The van der Waals surface area contributed by atoms with E-state index in [2.05, 4.69) is 0 Å². The number of methoxy groups -OCH3 is 2. The molecule has 0 radical (unpaired) electrons. The summed E-state index contributed by atoms with van der Waals surface area (Å²) in [5, 5.41) is 0. The summed E-state index contributed by atoms with van der Waals surface area (Å²) in [6, 6.07) is 5.94. The summed E-state index contributed by atoms with van der Waals surface area (Å²) < 4.78 is 23.8. The van der Waals surface area contributed by atoms with Gasteiger partial charge in [-0.2, -0.15) is 0 Å². The molecule has 1 atom stereocenters. The monoisotopic (exact) mass is 297 g/mol. The molecule has 1 rings (SSSR count). The number of hydrogen-bond acceptors (Lipinski definition) is 4. The Bertz CT molecular complexity index is 490. The van der Waals surface area contributed by atoms with Crippen LogP contribution in [0.3, 0.4) is 0 Å². The standard InChI is InChI=1S/C16H24FNO3/c1-15(2,21-4)8-9-16(11-18,14(19)20-3)12-6-5-7-13(17)10-12/h5-7,10H,8-9,11,18H2,1-4H3. The van der Waals surface area contributed by atoms with E-state index in [9.17, 15) is 9.18 Å². The molecule has 0 aromatic heterocycles. The van der Waals surface area contributed by atoms with Crippen molar-refractivity contribution in [3.05, 3.63) is 35.6 Å². The highest BCUT2D eigenvalue weighted by Gasteiger charge is 2.41. The molecule has 0 heterocycles. The molecule has 0 spiro atoms. The zero-order chi connectivity index (χ0) is 16.1. The van der Waals surface area contributed by atoms with Crippen LogP contribution in [0.5, 0.6) is 0 Å². The first-order chi connectivity index (χ1) is 9.81. The van der Waals surface area contributed by atoms with Crippen molar-refractivity contribution in [2.75, 3.05) is 20.8 Å². The smallest absolute Gasteiger partial charge is 0.317 e. The lowest BCUT2D eigenvalue weighted by molar-refractivity contribution is -0.148. The molecule has 0 aliphatic rings. The van der Waals surface area contributed by atoms with E-state index in [1.54, 1.807) is 19.2 Å². The fraction of sp³-hybridized carbons (Fsp3) is 0.562. The van der Waals surface area contributed by atoms with Crippen LogP contribution in [-0.2, 0) is 19.7 Å². The van der Waals surface area contributed by atoms with Crippen molar-refractivity contribution in [3.8, 4) is 0 Å². The van der Waals surface area contributed by atoms with Gasteiger partial charge in [-0.1, -0.05) is 12.1 Å². The SMILES string of the molecule is COC(=O)C(CN)(CCC(C)(C)OC)c1cccc(F)c1. The number of halogens is 1. The molecule has 0 amide bonds. The number of hydrogen-bond donors (Lipinski definition) is 1. The van der Waals surface area contributed by atoms with E-state index in [1.807, 2.05) is 13.8 Å². The van der Waals surface area contributed by atoms with Gasteiger partial charge in [0.1, 0.15) is 11.2 Å². The molecule has 0 bridgehead atoms.